The molecule has 0 aliphatic heterocycles. The lowest BCUT2D eigenvalue weighted by atomic mass is 10.3. The zero-order chi connectivity index (χ0) is 14.7. The molecule has 1 aromatic heterocycles. The fraction of sp³-hybridized carbons (Fsp3) is 0.188. The van der Waals surface area contributed by atoms with E-state index in [0.717, 1.165) is 45.4 Å². The molecule has 0 fully saturated rings. The van der Waals surface area contributed by atoms with E-state index in [4.69, 9.17) is 10.5 Å². The molecule has 3 aromatic rings. The van der Waals surface area contributed by atoms with Gasteiger partial charge in [0.15, 0.2) is 0 Å². The predicted molar refractivity (Wildman–Crippen MR) is 87.9 cm³/mol. The maximum absolute atomic E-state index is 5.78. The Morgan fingerprint density at radius 2 is 2.10 bits per heavy atom. The van der Waals surface area contributed by atoms with E-state index in [1.165, 1.54) is 0 Å². The van der Waals surface area contributed by atoms with Crippen molar-refractivity contribution in [2.24, 2.45) is 0 Å². The lowest BCUT2D eigenvalue weighted by molar-refractivity contribution is 0.405. The van der Waals surface area contributed by atoms with Gasteiger partial charge in [-0.15, -0.1) is 11.8 Å². The van der Waals surface area contributed by atoms with Gasteiger partial charge in [-0.3, -0.25) is 0 Å². The molecule has 1 heterocycles. The monoisotopic (exact) mass is 299 g/mol. The van der Waals surface area contributed by atoms with Crippen molar-refractivity contribution in [2.75, 3.05) is 18.6 Å². The predicted octanol–water partition coefficient (Wildman–Crippen LogP) is 3.49. The molecule has 0 atom stereocenters. The molecular formula is C16H17N3OS. The number of thioether (sulfide) groups is 1. The number of rotatable bonds is 5. The second-order valence-corrected chi connectivity index (χ2v) is 5.85. The number of imidazole rings is 1. The van der Waals surface area contributed by atoms with Crippen molar-refractivity contribution in [3.05, 3.63) is 48.3 Å². The summed E-state index contributed by atoms with van der Waals surface area (Å²) >= 11 is 1.77. The second-order valence-electron chi connectivity index (χ2n) is 4.71. The minimum atomic E-state index is 0.751. The summed E-state index contributed by atoms with van der Waals surface area (Å²) in [6.45, 7) is 0. The Kier molecular flexibility index (Phi) is 4.01. The van der Waals surface area contributed by atoms with Crippen molar-refractivity contribution >= 4 is 28.5 Å². The van der Waals surface area contributed by atoms with E-state index in [2.05, 4.69) is 16.0 Å². The molecular weight excluding hydrogens is 282 g/mol. The van der Waals surface area contributed by atoms with Gasteiger partial charge >= 0.3 is 0 Å². The molecule has 21 heavy (non-hydrogen) atoms. The third-order valence-corrected chi connectivity index (χ3v) is 4.28. The lowest BCUT2D eigenvalue weighted by Crippen LogP contribution is -1.92. The molecule has 3 N–H and O–H groups in total. The third-order valence-electron chi connectivity index (χ3n) is 3.22. The molecule has 0 aliphatic carbocycles. The number of benzene rings is 2. The number of H-pyrrole nitrogens is 1. The number of nitrogens with one attached hydrogen (secondary N) is 1. The van der Waals surface area contributed by atoms with E-state index in [1.807, 2.05) is 36.4 Å². The van der Waals surface area contributed by atoms with Crippen LogP contribution in [-0.2, 0) is 6.42 Å². The third kappa shape index (κ3) is 3.13. The molecule has 4 nitrogen and oxygen atoms in total. The highest BCUT2D eigenvalue weighted by atomic mass is 32.2. The number of aromatic amines is 1. The van der Waals surface area contributed by atoms with Gasteiger partial charge in [-0.25, -0.2) is 4.98 Å². The summed E-state index contributed by atoms with van der Waals surface area (Å²) in [6, 6.07) is 13.8. The van der Waals surface area contributed by atoms with Crippen molar-refractivity contribution < 1.29 is 4.74 Å². The Morgan fingerprint density at radius 3 is 2.95 bits per heavy atom. The second kappa shape index (κ2) is 6.10. The zero-order valence-corrected chi connectivity index (χ0v) is 12.6. The standard InChI is InChI=1S/C16H17N3OS/c1-20-14-4-2-3-5-15(14)21-9-8-16-18-12-7-6-11(17)10-13(12)19-16/h2-7,10H,8-9,17H2,1H3,(H,18,19). The van der Waals surface area contributed by atoms with Crippen molar-refractivity contribution in [1.29, 1.82) is 0 Å². The Labute approximate surface area is 127 Å². The molecule has 2 aromatic carbocycles. The number of ether oxygens (including phenoxy) is 1. The number of fused-ring (bicyclic) bond motifs is 1. The van der Waals surface area contributed by atoms with Crippen LogP contribution < -0.4 is 10.5 Å². The zero-order valence-electron chi connectivity index (χ0n) is 11.8. The van der Waals surface area contributed by atoms with Crippen molar-refractivity contribution in [1.82, 2.24) is 9.97 Å². The molecule has 0 spiro atoms. The van der Waals surface area contributed by atoms with Crippen LogP contribution in [0.3, 0.4) is 0 Å². The van der Waals surface area contributed by atoms with Crippen molar-refractivity contribution in [3.8, 4) is 5.75 Å². The summed E-state index contributed by atoms with van der Waals surface area (Å²) in [7, 11) is 1.70. The van der Waals surface area contributed by atoms with Crippen LogP contribution in [0.5, 0.6) is 5.75 Å². The number of methoxy groups -OCH3 is 1. The average Bonchev–Trinajstić information content (AvgIpc) is 2.89. The normalized spacial score (nSPS) is 10.9. The van der Waals surface area contributed by atoms with Crippen LogP contribution in [0.4, 0.5) is 5.69 Å². The van der Waals surface area contributed by atoms with E-state index >= 15 is 0 Å². The highest BCUT2D eigenvalue weighted by Crippen LogP contribution is 2.29. The molecule has 0 bridgehead atoms. The van der Waals surface area contributed by atoms with Gasteiger partial charge in [0, 0.05) is 22.8 Å². The van der Waals surface area contributed by atoms with Crippen LogP contribution in [0, 0.1) is 0 Å². The summed E-state index contributed by atoms with van der Waals surface area (Å²) in [6.07, 6.45) is 0.872. The van der Waals surface area contributed by atoms with Crippen LogP contribution in [0.15, 0.2) is 47.4 Å². The largest absolute Gasteiger partial charge is 0.496 e. The Morgan fingerprint density at radius 1 is 1.24 bits per heavy atom. The topological polar surface area (TPSA) is 63.9 Å². The van der Waals surface area contributed by atoms with Crippen LogP contribution >= 0.6 is 11.8 Å². The highest BCUT2D eigenvalue weighted by Gasteiger charge is 2.05. The number of para-hydroxylation sites is 1. The van der Waals surface area contributed by atoms with Gasteiger partial charge in [0.1, 0.15) is 11.6 Å². The molecule has 0 radical (unpaired) electrons. The minimum Gasteiger partial charge on any atom is -0.496 e. The van der Waals surface area contributed by atoms with Gasteiger partial charge in [0.05, 0.1) is 18.1 Å². The average molecular weight is 299 g/mol. The number of hydrogen-bond acceptors (Lipinski definition) is 4. The fourth-order valence-electron chi connectivity index (χ4n) is 2.19. The Hall–Kier alpha value is -2.14. The van der Waals surface area contributed by atoms with Gasteiger partial charge in [-0.05, 0) is 30.3 Å². The van der Waals surface area contributed by atoms with Crippen molar-refractivity contribution in [2.45, 2.75) is 11.3 Å². The van der Waals surface area contributed by atoms with Crippen LogP contribution in [0.1, 0.15) is 5.82 Å². The Bertz CT molecular complexity index is 754. The van der Waals surface area contributed by atoms with Gasteiger partial charge in [-0.2, -0.15) is 0 Å². The van der Waals surface area contributed by atoms with Crippen LogP contribution in [0.25, 0.3) is 11.0 Å². The molecule has 5 heteroatoms. The number of hydrogen-bond donors (Lipinski definition) is 2. The first kappa shape index (κ1) is 13.8. The first-order valence-electron chi connectivity index (χ1n) is 6.76. The van der Waals surface area contributed by atoms with Gasteiger partial charge in [0.25, 0.3) is 0 Å². The summed E-state index contributed by atoms with van der Waals surface area (Å²) in [5.41, 5.74) is 8.48. The van der Waals surface area contributed by atoms with E-state index in [1.54, 1.807) is 18.9 Å². The molecule has 0 amide bonds. The summed E-state index contributed by atoms with van der Waals surface area (Å²) < 4.78 is 5.35. The molecule has 0 unspecified atom stereocenters. The van der Waals surface area contributed by atoms with E-state index in [-0.39, 0.29) is 0 Å². The summed E-state index contributed by atoms with van der Waals surface area (Å²) in [5, 5.41) is 0. The summed E-state index contributed by atoms with van der Waals surface area (Å²) in [5.74, 6) is 2.84. The minimum absolute atomic E-state index is 0.751. The van der Waals surface area contributed by atoms with Crippen LogP contribution in [-0.4, -0.2) is 22.8 Å². The number of anilines is 1. The SMILES string of the molecule is COc1ccccc1SCCc1nc2ccc(N)cc2[nH]1. The van der Waals surface area contributed by atoms with Crippen LogP contribution in [0.2, 0.25) is 0 Å². The molecule has 0 saturated carbocycles. The number of nitrogens with zero attached hydrogens (tertiary/aromatic N) is 1. The fourth-order valence-corrected chi connectivity index (χ4v) is 3.18. The Balaban J connectivity index is 1.66. The van der Waals surface area contributed by atoms with E-state index in [9.17, 15) is 0 Å². The molecule has 0 aliphatic rings. The summed E-state index contributed by atoms with van der Waals surface area (Å²) in [4.78, 5) is 9.04. The van der Waals surface area contributed by atoms with Gasteiger partial charge < -0.3 is 15.5 Å². The molecule has 108 valence electrons. The molecule has 0 saturated heterocycles. The number of nitrogen functional groups attached to an aromatic ring is 1. The number of aromatic nitrogens is 2. The van der Waals surface area contributed by atoms with E-state index < -0.39 is 0 Å². The maximum atomic E-state index is 5.78. The number of nitrogens with two attached hydrogens (primary N) is 1. The first-order chi connectivity index (χ1) is 10.3. The highest BCUT2D eigenvalue weighted by molar-refractivity contribution is 7.99. The van der Waals surface area contributed by atoms with Gasteiger partial charge in [0.2, 0.25) is 0 Å². The lowest BCUT2D eigenvalue weighted by Gasteiger charge is -2.06. The maximum Gasteiger partial charge on any atom is 0.132 e. The smallest absolute Gasteiger partial charge is 0.132 e. The first-order valence-corrected chi connectivity index (χ1v) is 7.75. The quantitative estimate of drug-likeness (QED) is 0.559. The number of aryl methyl sites for hydroxylation is 1. The van der Waals surface area contributed by atoms with Gasteiger partial charge in [-0.1, -0.05) is 12.1 Å². The van der Waals surface area contributed by atoms with E-state index in [0.29, 0.717) is 0 Å². The van der Waals surface area contributed by atoms with Crippen molar-refractivity contribution in [3.63, 3.8) is 0 Å². The molecule has 3 rings (SSSR count).